The van der Waals surface area contributed by atoms with Crippen molar-refractivity contribution in [3.05, 3.63) is 54.1 Å². The molecule has 0 aliphatic carbocycles. The van der Waals surface area contributed by atoms with Crippen LogP contribution in [0.15, 0.2) is 48.5 Å². The number of hydrogen-bond donors (Lipinski definition) is 1. The maximum atomic E-state index is 12.6. The summed E-state index contributed by atoms with van der Waals surface area (Å²) in [4.78, 5) is 30.8. The number of benzene rings is 2. The van der Waals surface area contributed by atoms with Crippen molar-refractivity contribution in [3.8, 4) is 5.75 Å². The van der Waals surface area contributed by atoms with Crippen molar-refractivity contribution < 1.29 is 14.3 Å². The lowest BCUT2D eigenvalue weighted by atomic mass is 10.2. The lowest BCUT2D eigenvalue weighted by Gasteiger charge is -2.36. The van der Waals surface area contributed by atoms with Crippen LogP contribution in [0, 0.1) is 6.92 Å². The van der Waals surface area contributed by atoms with Gasteiger partial charge in [0.2, 0.25) is 11.8 Å². The van der Waals surface area contributed by atoms with Crippen LogP contribution < -0.4 is 15.0 Å². The van der Waals surface area contributed by atoms with E-state index in [1.807, 2.05) is 56.3 Å². The average molecular weight is 425 g/mol. The Morgan fingerprint density at radius 2 is 1.71 bits per heavy atom. The molecule has 0 bridgehead atoms. The van der Waals surface area contributed by atoms with E-state index in [4.69, 9.17) is 4.74 Å². The Hall–Kier alpha value is -3.06. The highest BCUT2D eigenvalue weighted by Crippen LogP contribution is 2.28. The summed E-state index contributed by atoms with van der Waals surface area (Å²) in [5.41, 5.74) is 2.96. The lowest BCUT2D eigenvalue weighted by Crippen LogP contribution is -2.50. The molecule has 1 saturated heterocycles. The zero-order chi connectivity index (χ0) is 22.2. The maximum Gasteiger partial charge on any atom is 0.243 e. The Labute approximate surface area is 184 Å². The number of likely N-dealkylation sites (N-methyl/N-ethyl adjacent to an activating group) is 1. The first-order chi connectivity index (χ1) is 15.0. The van der Waals surface area contributed by atoms with E-state index in [0.29, 0.717) is 13.2 Å². The molecule has 31 heavy (non-hydrogen) atoms. The Bertz CT molecular complexity index is 877. The second kappa shape index (κ2) is 10.8. The molecule has 2 aromatic rings. The average Bonchev–Trinajstić information content (AvgIpc) is 2.76. The van der Waals surface area contributed by atoms with Crippen LogP contribution in [0.2, 0.25) is 0 Å². The maximum absolute atomic E-state index is 12.6. The van der Waals surface area contributed by atoms with Crippen molar-refractivity contribution in [2.24, 2.45) is 0 Å². The van der Waals surface area contributed by atoms with Crippen LogP contribution in [0.1, 0.15) is 12.5 Å². The molecule has 0 atom stereocenters. The standard InChI is InChI=1S/C24H32N4O3/c1-4-31-22-8-6-5-7-21(22)28-15-13-27(14-16-28)18-24(30)26(3)17-23(29)25-20-11-9-19(2)10-12-20/h5-12H,4,13-18H2,1-3H3,(H,25,29). The molecule has 1 aliphatic heterocycles. The van der Waals surface area contributed by atoms with Gasteiger partial charge >= 0.3 is 0 Å². The molecule has 3 rings (SSSR count). The molecule has 2 aromatic carbocycles. The molecular formula is C24H32N4O3. The van der Waals surface area contributed by atoms with Crippen LogP contribution in [0.5, 0.6) is 5.75 Å². The lowest BCUT2D eigenvalue weighted by molar-refractivity contribution is -0.134. The normalized spacial score (nSPS) is 14.2. The zero-order valence-corrected chi connectivity index (χ0v) is 18.6. The Balaban J connectivity index is 1.45. The largest absolute Gasteiger partial charge is 0.492 e. The minimum atomic E-state index is -0.197. The van der Waals surface area contributed by atoms with Crippen LogP contribution in [-0.2, 0) is 9.59 Å². The number of carbonyl (C=O) groups is 2. The molecule has 0 radical (unpaired) electrons. The second-order valence-electron chi connectivity index (χ2n) is 7.83. The number of ether oxygens (including phenoxy) is 1. The summed E-state index contributed by atoms with van der Waals surface area (Å²) >= 11 is 0. The predicted octanol–water partition coefficient (Wildman–Crippen LogP) is 2.61. The fourth-order valence-electron chi connectivity index (χ4n) is 3.60. The molecule has 1 heterocycles. The third-order valence-corrected chi connectivity index (χ3v) is 5.38. The van der Waals surface area contributed by atoms with Gasteiger partial charge < -0.3 is 19.9 Å². The summed E-state index contributed by atoms with van der Waals surface area (Å²) in [5.74, 6) is 0.646. The number of aryl methyl sites for hydroxylation is 1. The Kier molecular flexibility index (Phi) is 7.89. The van der Waals surface area contributed by atoms with Crippen molar-refractivity contribution >= 4 is 23.2 Å². The molecule has 0 spiro atoms. The Morgan fingerprint density at radius 3 is 2.39 bits per heavy atom. The van der Waals surface area contributed by atoms with Crippen LogP contribution in [0.25, 0.3) is 0 Å². The molecule has 2 amide bonds. The van der Waals surface area contributed by atoms with Crippen molar-refractivity contribution in [2.45, 2.75) is 13.8 Å². The highest BCUT2D eigenvalue weighted by atomic mass is 16.5. The third-order valence-electron chi connectivity index (χ3n) is 5.38. The van der Waals surface area contributed by atoms with Gasteiger partial charge in [0.25, 0.3) is 0 Å². The van der Waals surface area contributed by atoms with Crippen LogP contribution in [0.3, 0.4) is 0 Å². The van der Waals surface area contributed by atoms with Gasteiger partial charge in [-0.3, -0.25) is 14.5 Å². The van der Waals surface area contributed by atoms with Gasteiger partial charge in [-0.1, -0.05) is 29.8 Å². The predicted molar refractivity (Wildman–Crippen MR) is 124 cm³/mol. The van der Waals surface area contributed by atoms with E-state index in [1.54, 1.807) is 7.05 Å². The number of para-hydroxylation sites is 2. The molecule has 0 unspecified atom stereocenters. The molecule has 7 heteroatoms. The van der Waals surface area contributed by atoms with Crippen LogP contribution >= 0.6 is 0 Å². The number of nitrogens with zero attached hydrogens (tertiary/aromatic N) is 3. The summed E-state index contributed by atoms with van der Waals surface area (Å²) in [6, 6.07) is 15.7. The van der Waals surface area contributed by atoms with E-state index in [1.165, 1.54) is 4.90 Å². The van der Waals surface area contributed by atoms with Gasteiger partial charge in [-0.05, 0) is 38.1 Å². The molecule has 1 N–H and O–H groups in total. The Morgan fingerprint density at radius 1 is 1.03 bits per heavy atom. The van der Waals surface area contributed by atoms with Gasteiger partial charge in [-0.2, -0.15) is 0 Å². The first kappa shape index (κ1) is 22.6. The molecule has 7 nitrogen and oxygen atoms in total. The SMILES string of the molecule is CCOc1ccccc1N1CCN(CC(=O)N(C)CC(=O)Nc2ccc(C)cc2)CC1. The van der Waals surface area contributed by atoms with Crippen LogP contribution in [-0.4, -0.2) is 74.5 Å². The quantitative estimate of drug-likeness (QED) is 0.706. The minimum Gasteiger partial charge on any atom is -0.492 e. The summed E-state index contributed by atoms with van der Waals surface area (Å²) in [6.07, 6.45) is 0. The van der Waals surface area contributed by atoms with E-state index in [0.717, 1.165) is 48.9 Å². The smallest absolute Gasteiger partial charge is 0.243 e. The van der Waals surface area contributed by atoms with Gasteiger partial charge in [-0.25, -0.2) is 0 Å². The monoisotopic (exact) mass is 424 g/mol. The molecule has 0 aromatic heterocycles. The first-order valence-corrected chi connectivity index (χ1v) is 10.8. The van der Waals surface area contributed by atoms with Crippen LogP contribution in [0.4, 0.5) is 11.4 Å². The van der Waals surface area contributed by atoms with Crippen molar-refractivity contribution in [1.29, 1.82) is 0 Å². The summed E-state index contributed by atoms with van der Waals surface area (Å²) < 4.78 is 5.74. The second-order valence-corrected chi connectivity index (χ2v) is 7.83. The van der Waals surface area contributed by atoms with Gasteiger partial charge in [0.15, 0.2) is 0 Å². The first-order valence-electron chi connectivity index (χ1n) is 10.8. The number of piperazine rings is 1. The fourth-order valence-corrected chi connectivity index (χ4v) is 3.60. The van der Waals surface area contributed by atoms with E-state index < -0.39 is 0 Å². The highest BCUT2D eigenvalue weighted by Gasteiger charge is 2.23. The van der Waals surface area contributed by atoms with E-state index in [-0.39, 0.29) is 18.4 Å². The third kappa shape index (κ3) is 6.46. The number of amides is 2. The van der Waals surface area contributed by atoms with Gasteiger partial charge in [0, 0.05) is 38.9 Å². The summed E-state index contributed by atoms with van der Waals surface area (Å²) in [6.45, 7) is 8.20. The number of anilines is 2. The minimum absolute atomic E-state index is 0.0361. The van der Waals surface area contributed by atoms with Gasteiger partial charge in [0.1, 0.15) is 5.75 Å². The number of carbonyl (C=O) groups excluding carboxylic acids is 2. The van der Waals surface area contributed by atoms with Crippen molar-refractivity contribution in [1.82, 2.24) is 9.80 Å². The van der Waals surface area contributed by atoms with E-state index >= 15 is 0 Å². The van der Waals surface area contributed by atoms with E-state index in [9.17, 15) is 9.59 Å². The number of rotatable bonds is 8. The molecule has 1 fully saturated rings. The van der Waals surface area contributed by atoms with E-state index in [2.05, 4.69) is 21.2 Å². The molecule has 0 saturated carbocycles. The zero-order valence-electron chi connectivity index (χ0n) is 18.6. The number of hydrogen-bond acceptors (Lipinski definition) is 5. The number of nitrogens with one attached hydrogen (secondary N) is 1. The van der Waals surface area contributed by atoms with Gasteiger partial charge in [-0.15, -0.1) is 0 Å². The highest BCUT2D eigenvalue weighted by molar-refractivity contribution is 5.94. The van der Waals surface area contributed by atoms with Crippen molar-refractivity contribution in [3.63, 3.8) is 0 Å². The molecule has 166 valence electrons. The van der Waals surface area contributed by atoms with Gasteiger partial charge in [0.05, 0.1) is 25.4 Å². The fraction of sp³-hybridized carbons (Fsp3) is 0.417. The molecular weight excluding hydrogens is 392 g/mol. The summed E-state index contributed by atoms with van der Waals surface area (Å²) in [7, 11) is 1.67. The van der Waals surface area contributed by atoms with Crippen molar-refractivity contribution in [2.75, 3.05) is 63.1 Å². The molecule has 1 aliphatic rings. The summed E-state index contributed by atoms with van der Waals surface area (Å²) in [5, 5.41) is 2.83. The topological polar surface area (TPSA) is 65.1 Å².